The summed E-state index contributed by atoms with van der Waals surface area (Å²) in [5, 5.41) is 9.17. The number of benzene rings is 1. The summed E-state index contributed by atoms with van der Waals surface area (Å²) in [6.07, 6.45) is 19.3. The van der Waals surface area contributed by atoms with Crippen molar-refractivity contribution in [2.24, 2.45) is 29.6 Å². The molecule has 1 N–H and O–H groups in total. The Kier molecular flexibility index (Phi) is 13.6. The third kappa shape index (κ3) is 10.1. The van der Waals surface area contributed by atoms with Gasteiger partial charge in [-0.05, 0) is 124 Å². The van der Waals surface area contributed by atoms with Crippen LogP contribution in [0.2, 0.25) is 0 Å². The van der Waals surface area contributed by atoms with E-state index in [0.29, 0.717) is 17.4 Å². The second kappa shape index (κ2) is 17.3. The van der Waals surface area contributed by atoms with Crippen LogP contribution in [-0.2, 0) is 19.1 Å². The third-order valence-corrected chi connectivity index (χ3v) is 11.1. The lowest BCUT2D eigenvalue weighted by atomic mass is 9.67. The molecule has 244 valence electrons. The van der Waals surface area contributed by atoms with Crippen molar-refractivity contribution < 1.29 is 24.2 Å². The summed E-state index contributed by atoms with van der Waals surface area (Å²) in [5.41, 5.74) is 3.52. The number of esters is 2. The van der Waals surface area contributed by atoms with Gasteiger partial charge in [-0.2, -0.15) is 0 Å². The first-order chi connectivity index (χ1) is 21.3. The van der Waals surface area contributed by atoms with E-state index in [4.69, 9.17) is 14.6 Å². The van der Waals surface area contributed by atoms with E-state index in [0.717, 1.165) is 30.1 Å². The van der Waals surface area contributed by atoms with Crippen LogP contribution in [0, 0.1) is 29.6 Å². The van der Waals surface area contributed by atoms with Crippen LogP contribution in [0.1, 0.15) is 133 Å². The van der Waals surface area contributed by atoms with E-state index in [1.165, 1.54) is 89.9 Å². The Bertz CT molecular complexity index is 1070. The number of carbonyl (C=O) groups excluding carboxylic acids is 2. The molecular weight excluding hydrogens is 548 g/mol. The van der Waals surface area contributed by atoms with Gasteiger partial charge in [0.25, 0.3) is 0 Å². The zero-order chi connectivity index (χ0) is 31.5. The number of ether oxygens (including phenoxy) is 2. The van der Waals surface area contributed by atoms with Crippen molar-refractivity contribution in [3.63, 3.8) is 0 Å². The van der Waals surface area contributed by atoms with Gasteiger partial charge in [0.2, 0.25) is 0 Å². The fraction of sp³-hybridized carbons (Fsp3) is 0.692. The molecule has 0 spiro atoms. The molecule has 1 aromatic carbocycles. The van der Waals surface area contributed by atoms with Gasteiger partial charge >= 0.3 is 11.9 Å². The van der Waals surface area contributed by atoms with Gasteiger partial charge < -0.3 is 14.6 Å². The summed E-state index contributed by atoms with van der Waals surface area (Å²) in [5.74, 6) is 3.54. The predicted octanol–water partition coefficient (Wildman–Crippen LogP) is 9.06. The van der Waals surface area contributed by atoms with Crippen LogP contribution < -0.4 is 0 Å². The highest BCUT2D eigenvalue weighted by Crippen LogP contribution is 2.45. The van der Waals surface area contributed by atoms with E-state index in [-0.39, 0.29) is 24.7 Å². The van der Waals surface area contributed by atoms with Gasteiger partial charge in [-0.3, -0.25) is 0 Å². The summed E-state index contributed by atoms with van der Waals surface area (Å²) in [6, 6.07) is 9.80. The van der Waals surface area contributed by atoms with Crippen molar-refractivity contribution in [3.8, 4) is 0 Å². The normalized spacial score (nSPS) is 28.1. The van der Waals surface area contributed by atoms with Crippen molar-refractivity contribution in [3.05, 3.63) is 59.7 Å². The fourth-order valence-corrected chi connectivity index (χ4v) is 8.38. The van der Waals surface area contributed by atoms with Crippen LogP contribution in [-0.4, -0.2) is 36.9 Å². The first kappa shape index (κ1) is 34.5. The maximum atomic E-state index is 12.1. The molecule has 0 saturated heterocycles. The van der Waals surface area contributed by atoms with Crippen LogP contribution in [0.4, 0.5) is 0 Å². The van der Waals surface area contributed by atoms with Crippen molar-refractivity contribution in [2.45, 2.75) is 122 Å². The van der Waals surface area contributed by atoms with E-state index < -0.39 is 18.5 Å². The molecule has 44 heavy (non-hydrogen) atoms. The molecule has 3 fully saturated rings. The van der Waals surface area contributed by atoms with Gasteiger partial charge in [-0.1, -0.05) is 70.0 Å². The second-order valence-corrected chi connectivity index (χ2v) is 14.4. The molecule has 0 amide bonds. The van der Waals surface area contributed by atoms with E-state index in [1.54, 1.807) is 18.1 Å². The average Bonchev–Trinajstić information content (AvgIpc) is 3.06. The molecule has 3 aliphatic rings. The van der Waals surface area contributed by atoms with Crippen molar-refractivity contribution in [1.82, 2.24) is 0 Å². The third-order valence-electron chi connectivity index (χ3n) is 11.1. The van der Waals surface area contributed by atoms with Crippen molar-refractivity contribution in [1.29, 1.82) is 0 Å². The molecule has 5 heteroatoms. The molecule has 0 radical (unpaired) electrons. The van der Waals surface area contributed by atoms with Crippen LogP contribution >= 0.6 is 0 Å². The molecule has 0 aromatic heterocycles. The number of aliphatic hydroxyl groups excluding tert-OH is 1. The number of rotatable bonds is 14. The van der Waals surface area contributed by atoms with Gasteiger partial charge in [0.15, 0.2) is 0 Å². The molecule has 3 aliphatic carbocycles. The van der Waals surface area contributed by atoms with Gasteiger partial charge in [0.1, 0.15) is 0 Å². The summed E-state index contributed by atoms with van der Waals surface area (Å²) in [7, 11) is 0. The largest absolute Gasteiger partial charge is 0.462 e. The lowest BCUT2D eigenvalue weighted by molar-refractivity contribution is -0.144. The Labute approximate surface area is 266 Å². The quantitative estimate of drug-likeness (QED) is 0.169. The Morgan fingerprint density at radius 1 is 0.750 bits per heavy atom. The highest BCUT2D eigenvalue weighted by molar-refractivity contribution is 5.88. The minimum atomic E-state index is -0.594. The number of aliphatic hydroxyl groups is 1. The summed E-state index contributed by atoms with van der Waals surface area (Å²) < 4.78 is 10.8. The van der Waals surface area contributed by atoms with Crippen LogP contribution in [0.25, 0.3) is 0 Å². The lowest BCUT2D eigenvalue weighted by Crippen LogP contribution is -2.28. The number of hydrogen-bond donors (Lipinski definition) is 1. The van der Waals surface area contributed by atoms with E-state index in [9.17, 15) is 9.59 Å². The maximum absolute atomic E-state index is 12.1. The van der Waals surface area contributed by atoms with Crippen LogP contribution in [0.15, 0.2) is 48.6 Å². The van der Waals surface area contributed by atoms with Gasteiger partial charge in [-0.25, -0.2) is 9.59 Å². The molecule has 5 nitrogen and oxygen atoms in total. The minimum Gasteiger partial charge on any atom is -0.462 e. The molecular formula is C39H58O5. The highest BCUT2D eigenvalue weighted by Gasteiger charge is 2.32. The molecule has 0 aliphatic heterocycles. The first-order valence-electron chi connectivity index (χ1n) is 17.7. The second-order valence-electron chi connectivity index (χ2n) is 14.4. The Balaban J connectivity index is 1.20. The van der Waals surface area contributed by atoms with Gasteiger partial charge in [0.05, 0.1) is 25.4 Å². The zero-order valence-electron chi connectivity index (χ0n) is 27.6. The standard InChI is InChI=1S/C39H58O5/c1-5-6-29-7-11-32(12-8-29)34-15-19-36(20-16-34)37-21-17-35(18-22-37)33-13-9-30(10-14-33)23-31(25-43-38(41)27(2)3)26-44-39(42)28(4)24-40/h15-16,19-20,29-33,35,37,40H,2,4-14,17-18,21-26H2,1,3H3. The Morgan fingerprint density at radius 3 is 1.68 bits per heavy atom. The molecule has 4 rings (SSSR count). The first-order valence-corrected chi connectivity index (χ1v) is 17.7. The van der Waals surface area contributed by atoms with Crippen LogP contribution in [0.3, 0.4) is 0 Å². The molecule has 3 saturated carbocycles. The molecule has 1 aromatic rings. The van der Waals surface area contributed by atoms with Crippen molar-refractivity contribution in [2.75, 3.05) is 19.8 Å². The molecule has 1 atom stereocenters. The van der Waals surface area contributed by atoms with E-state index in [1.807, 2.05) is 0 Å². The zero-order valence-corrected chi connectivity index (χ0v) is 27.6. The Hall–Kier alpha value is -2.40. The van der Waals surface area contributed by atoms with E-state index >= 15 is 0 Å². The van der Waals surface area contributed by atoms with Gasteiger partial charge in [-0.15, -0.1) is 0 Å². The summed E-state index contributed by atoms with van der Waals surface area (Å²) in [4.78, 5) is 24.0. The smallest absolute Gasteiger partial charge is 0.335 e. The molecule has 0 heterocycles. The predicted molar refractivity (Wildman–Crippen MR) is 177 cm³/mol. The topological polar surface area (TPSA) is 72.8 Å². The Morgan fingerprint density at radius 2 is 1.20 bits per heavy atom. The summed E-state index contributed by atoms with van der Waals surface area (Å²) >= 11 is 0. The number of hydrogen-bond acceptors (Lipinski definition) is 5. The monoisotopic (exact) mass is 606 g/mol. The molecule has 1 unspecified atom stereocenters. The van der Waals surface area contributed by atoms with E-state index in [2.05, 4.69) is 44.3 Å². The van der Waals surface area contributed by atoms with Crippen LogP contribution in [0.5, 0.6) is 0 Å². The highest BCUT2D eigenvalue weighted by atomic mass is 16.5. The lowest BCUT2D eigenvalue weighted by Gasteiger charge is -2.38. The fourth-order valence-electron chi connectivity index (χ4n) is 8.38. The minimum absolute atomic E-state index is 0.0369. The average molecular weight is 607 g/mol. The SMILES string of the molecule is C=C(C)C(=O)OCC(COC(=O)C(=C)CO)CC1CCC(C2CCC(c3ccc(C4CCC(CCC)CC4)cc3)CC2)CC1. The van der Waals surface area contributed by atoms with Crippen molar-refractivity contribution >= 4 is 11.9 Å². The summed E-state index contributed by atoms with van der Waals surface area (Å²) in [6.45, 7) is 11.1. The van der Waals surface area contributed by atoms with Gasteiger partial charge in [0, 0.05) is 11.5 Å². The maximum Gasteiger partial charge on any atom is 0.335 e. The molecule has 0 bridgehead atoms. The number of carbonyl (C=O) groups is 2.